The monoisotopic (exact) mass is 427 g/mol. The third-order valence-corrected chi connectivity index (χ3v) is 4.85. The summed E-state index contributed by atoms with van der Waals surface area (Å²) in [5.41, 5.74) is 2.73. The first-order valence-corrected chi connectivity index (χ1v) is 9.81. The molecule has 0 unspecified atom stereocenters. The second kappa shape index (κ2) is 8.73. The molecule has 2 N–H and O–H groups in total. The van der Waals surface area contributed by atoms with Crippen LogP contribution in [0.1, 0.15) is 5.56 Å². The van der Waals surface area contributed by atoms with E-state index in [2.05, 4.69) is 10.1 Å². The Labute approximate surface area is 183 Å². The number of aromatic hydroxyl groups is 1. The van der Waals surface area contributed by atoms with Gasteiger partial charge in [-0.1, -0.05) is 78.9 Å². The van der Waals surface area contributed by atoms with Crippen LogP contribution in [0.5, 0.6) is 5.75 Å². The number of phenolic OH excluding ortho intramolecular Hbond substituents is 1. The van der Waals surface area contributed by atoms with Gasteiger partial charge < -0.3 is 10.2 Å². The van der Waals surface area contributed by atoms with E-state index in [4.69, 9.17) is 12.2 Å². The number of rotatable bonds is 5. The fourth-order valence-corrected chi connectivity index (χ4v) is 3.33. The normalized spacial score (nSPS) is 11.3. The summed E-state index contributed by atoms with van der Waals surface area (Å²) in [7, 11) is 0. The van der Waals surface area contributed by atoms with Gasteiger partial charge in [0.25, 0.3) is 0 Å². The minimum atomic E-state index is -1.25. The van der Waals surface area contributed by atoms with Gasteiger partial charge in [0.15, 0.2) is 5.70 Å². The second-order valence-electron chi connectivity index (χ2n) is 6.63. The average Bonchev–Trinajstić information content (AvgIpc) is 2.79. The third kappa shape index (κ3) is 4.26. The molecule has 0 aliphatic heterocycles. The molecule has 0 saturated carbocycles. The largest absolute Gasteiger partial charge is 0.507 e. The molecular weight excluding hydrogens is 410 g/mol. The standard InChI is InChI=1S/C24H17N3O3S/c28-20-14-8-7-13-18(20)15-19(23(29)30)27-24(31)25-21(16-9-3-1-4-10-16)22(26-27)17-11-5-2-6-12-17/h1-15,28H,(H,29,30)/b19-15+. The van der Waals surface area contributed by atoms with E-state index in [9.17, 15) is 15.0 Å². The number of aromatic nitrogens is 3. The predicted molar refractivity (Wildman–Crippen MR) is 122 cm³/mol. The average molecular weight is 427 g/mol. The zero-order valence-electron chi connectivity index (χ0n) is 16.2. The Kier molecular flexibility index (Phi) is 5.68. The Hall–Kier alpha value is -4.10. The van der Waals surface area contributed by atoms with Crippen LogP contribution in [0.3, 0.4) is 0 Å². The maximum Gasteiger partial charge on any atom is 0.354 e. The van der Waals surface area contributed by atoms with Gasteiger partial charge in [0.05, 0.1) is 0 Å². The number of aliphatic carboxylic acids is 1. The minimum absolute atomic E-state index is 0.0115. The van der Waals surface area contributed by atoms with Gasteiger partial charge >= 0.3 is 5.97 Å². The second-order valence-corrected chi connectivity index (χ2v) is 6.99. The van der Waals surface area contributed by atoms with Crippen molar-refractivity contribution in [2.24, 2.45) is 0 Å². The lowest BCUT2D eigenvalue weighted by Gasteiger charge is -2.13. The number of carbonyl (C=O) groups is 1. The third-order valence-electron chi connectivity index (χ3n) is 4.58. The molecule has 1 heterocycles. The molecule has 0 spiro atoms. The first-order valence-electron chi connectivity index (χ1n) is 9.40. The number of para-hydroxylation sites is 1. The summed E-state index contributed by atoms with van der Waals surface area (Å²) in [6.45, 7) is 0. The summed E-state index contributed by atoms with van der Waals surface area (Å²) in [5.74, 6) is -1.30. The fourth-order valence-electron chi connectivity index (χ4n) is 3.10. The minimum Gasteiger partial charge on any atom is -0.507 e. The molecule has 0 fully saturated rings. The first-order chi connectivity index (χ1) is 15.0. The summed E-state index contributed by atoms with van der Waals surface area (Å²) in [6.07, 6.45) is 1.32. The molecule has 31 heavy (non-hydrogen) atoms. The van der Waals surface area contributed by atoms with E-state index >= 15 is 0 Å². The Balaban J connectivity index is 1.98. The van der Waals surface area contributed by atoms with E-state index in [-0.39, 0.29) is 16.2 Å². The molecule has 1 aromatic heterocycles. The zero-order valence-corrected chi connectivity index (χ0v) is 17.0. The van der Waals surface area contributed by atoms with E-state index in [0.29, 0.717) is 17.0 Å². The molecule has 0 saturated heterocycles. The summed E-state index contributed by atoms with van der Waals surface area (Å²) < 4.78 is 1.10. The molecule has 0 amide bonds. The smallest absolute Gasteiger partial charge is 0.354 e. The van der Waals surface area contributed by atoms with E-state index < -0.39 is 5.97 Å². The van der Waals surface area contributed by atoms with Crippen LogP contribution < -0.4 is 0 Å². The zero-order chi connectivity index (χ0) is 21.8. The summed E-state index contributed by atoms with van der Waals surface area (Å²) in [6, 6.07) is 25.3. The number of carboxylic acids is 1. The van der Waals surface area contributed by atoms with Crippen molar-refractivity contribution in [1.29, 1.82) is 0 Å². The van der Waals surface area contributed by atoms with Gasteiger partial charge in [-0.05, 0) is 24.4 Å². The van der Waals surface area contributed by atoms with Crippen LogP contribution in [0, 0.1) is 4.77 Å². The molecule has 4 aromatic rings. The van der Waals surface area contributed by atoms with Crippen LogP contribution in [0.4, 0.5) is 0 Å². The molecule has 3 aromatic carbocycles. The molecule has 152 valence electrons. The highest BCUT2D eigenvalue weighted by atomic mass is 32.1. The molecule has 0 radical (unpaired) electrons. The number of phenols is 1. The highest BCUT2D eigenvalue weighted by Gasteiger charge is 2.19. The van der Waals surface area contributed by atoms with Crippen molar-refractivity contribution in [3.8, 4) is 28.3 Å². The molecule has 0 bridgehead atoms. The summed E-state index contributed by atoms with van der Waals surface area (Å²) in [4.78, 5) is 16.6. The van der Waals surface area contributed by atoms with E-state index in [1.54, 1.807) is 18.2 Å². The van der Waals surface area contributed by atoms with E-state index in [1.165, 1.54) is 12.1 Å². The van der Waals surface area contributed by atoms with Crippen LogP contribution in [0.2, 0.25) is 0 Å². The fraction of sp³-hybridized carbons (Fsp3) is 0. The number of carboxylic acid groups (broad SMARTS) is 1. The lowest BCUT2D eigenvalue weighted by Crippen LogP contribution is -2.15. The van der Waals surface area contributed by atoms with Crippen LogP contribution in [-0.4, -0.2) is 30.9 Å². The first kappa shape index (κ1) is 20.2. The van der Waals surface area contributed by atoms with Crippen molar-refractivity contribution in [2.45, 2.75) is 0 Å². The highest BCUT2D eigenvalue weighted by Crippen LogP contribution is 2.29. The topological polar surface area (TPSA) is 88.2 Å². The predicted octanol–water partition coefficient (Wildman–Crippen LogP) is 5.13. The molecule has 7 heteroatoms. The molecule has 0 atom stereocenters. The lowest BCUT2D eigenvalue weighted by molar-refractivity contribution is -0.130. The number of hydrogen-bond acceptors (Lipinski definition) is 5. The molecule has 6 nitrogen and oxygen atoms in total. The van der Waals surface area contributed by atoms with Gasteiger partial charge in [-0.2, -0.15) is 9.78 Å². The van der Waals surface area contributed by atoms with Crippen molar-refractivity contribution < 1.29 is 15.0 Å². The Morgan fingerprint density at radius 1 is 0.839 bits per heavy atom. The molecule has 0 aliphatic rings. The van der Waals surface area contributed by atoms with Crippen molar-refractivity contribution in [2.75, 3.05) is 0 Å². The van der Waals surface area contributed by atoms with Gasteiger partial charge in [0.1, 0.15) is 17.1 Å². The Morgan fingerprint density at radius 3 is 1.97 bits per heavy atom. The quantitative estimate of drug-likeness (QED) is 0.339. The molecule has 4 rings (SSSR count). The van der Waals surface area contributed by atoms with Gasteiger partial charge in [-0.15, -0.1) is 0 Å². The maximum absolute atomic E-state index is 12.1. The van der Waals surface area contributed by atoms with Crippen LogP contribution in [0.15, 0.2) is 84.9 Å². The molecular formula is C24H17N3O3S. The maximum atomic E-state index is 12.1. The Bertz CT molecular complexity index is 1330. The van der Waals surface area contributed by atoms with Gasteiger partial charge in [-0.3, -0.25) is 0 Å². The van der Waals surface area contributed by atoms with Crippen molar-refractivity contribution in [1.82, 2.24) is 14.8 Å². The van der Waals surface area contributed by atoms with Gasteiger partial charge in [0.2, 0.25) is 4.77 Å². The lowest BCUT2D eigenvalue weighted by atomic mass is 10.0. The number of benzene rings is 3. The number of hydrogen-bond donors (Lipinski definition) is 2. The SMILES string of the molecule is O=C(O)/C(=C\c1ccccc1O)n1nc(-c2ccccc2)c(-c2ccccc2)nc1=S. The van der Waals surface area contributed by atoms with Crippen LogP contribution in [-0.2, 0) is 4.79 Å². The van der Waals surface area contributed by atoms with Gasteiger partial charge in [-0.25, -0.2) is 9.78 Å². The summed E-state index contributed by atoms with van der Waals surface area (Å²) >= 11 is 5.42. The van der Waals surface area contributed by atoms with Crippen molar-refractivity contribution >= 4 is 30.0 Å². The Morgan fingerprint density at radius 2 is 1.39 bits per heavy atom. The molecule has 0 aliphatic carbocycles. The summed E-state index contributed by atoms with van der Waals surface area (Å²) in [5, 5.41) is 24.5. The van der Waals surface area contributed by atoms with Gasteiger partial charge in [0, 0.05) is 16.7 Å². The van der Waals surface area contributed by atoms with E-state index in [0.717, 1.165) is 15.8 Å². The van der Waals surface area contributed by atoms with Crippen LogP contribution >= 0.6 is 12.2 Å². The number of nitrogens with zero attached hydrogens (tertiary/aromatic N) is 3. The highest BCUT2D eigenvalue weighted by molar-refractivity contribution is 7.71. The van der Waals surface area contributed by atoms with Crippen molar-refractivity contribution in [3.63, 3.8) is 0 Å². The van der Waals surface area contributed by atoms with Crippen molar-refractivity contribution in [3.05, 3.63) is 95.3 Å². The van der Waals surface area contributed by atoms with E-state index in [1.807, 2.05) is 60.7 Å². The van der Waals surface area contributed by atoms with Crippen LogP contribution in [0.25, 0.3) is 34.3 Å².